The molecule has 1 amide bonds. The Bertz CT molecular complexity index is 547. The van der Waals surface area contributed by atoms with Crippen molar-refractivity contribution in [3.8, 4) is 0 Å². The van der Waals surface area contributed by atoms with Crippen molar-refractivity contribution in [3.05, 3.63) is 35.4 Å². The Balaban J connectivity index is 1.98. The molecule has 23 heavy (non-hydrogen) atoms. The van der Waals surface area contributed by atoms with Crippen molar-refractivity contribution in [2.45, 2.75) is 57.8 Å². The zero-order valence-corrected chi connectivity index (χ0v) is 15.3. The lowest BCUT2D eigenvalue weighted by molar-refractivity contribution is -0.0693. The number of amides is 1. The molecule has 1 aliphatic heterocycles. The molecule has 1 unspecified atom stereocenters. The summed E-state index contributed by atoms with van der Waals surface area (Å²) < 4.78 is 6.04. The highest BCUT2D eigenvalue weighted by atomic mass is 16.5. The third kappa shape index (κ3) is 4.79. The number of rotatable bonds is 5. The lowest BCUT2D eigenvalue weighted by Gasteiger charge is -2.27. The summed E-state index contributed by atoms with van der Waals surface area (Å²) in [7, 11) is 4.13. The van der Waals surface area contributed by atoms with Crippen LogP contribution in [-0.2, 0) is 11.2 Å². The second-order valence-corrected chi connectivity index (χ2v) is 7.95. The Hall–Kier alpha value is -1.39. The maximum absolute atomic E-state index is 12.5. The third-order valence-corrected chi connectivity index (χ3v) is 4.44. The second-order valence-electron chi connectivity index (χ2n) is 7.95. The smallest absolute Gasteiger partial charge is 0.251 e. The molecule has 1 fully saturated rings. The average molecular weight is 318 g/mol. The van der Waals surface area contributed by atoms with Gasteiger partial charge >= 0.3 is 0 Å². The van der Waals surface area contributed by atoms with E-state index in [0.29, 0.717) is 5.56 Å². The molecule has 1 aromatic rings. The summed E-state index contributed by atoms with van der Waals surface area (Å²) >= 11 is 0. The van der Waals surface area contributed by atoms with Crippen LogP contribution in [0.1, 0.15) is 50.0 Å². The van der Waals surface area contributed by atoms with Crippen LogP contribution < -0.4 is 5.32 Å². The zero-order valence-electron chi connectivity index (χ0n) is 15.3. The summed E-state index contributed by atoms with van der Waals surface area (Å²) in [5.74, 6) is -0.0245. The van der Waals surface area contributed by atoms with Gasteiger partial charge in [-0.2, -0.15) is 0 Å². The molecule has 1 aliphatic rings. The van der Waals surface area contributed by atoms with E-state index in [2.05, 4.69) is 38.2 Å². The van der Waals surface area contributed by atoms with E-state index >= 15 is 0 Å². The summed E-state index contributed by atoms with van der Waals surface area (Å²) in [6.45, 7) is 9.23. The van der Waals surface area contributed by atoms with Crippen LogP contribution in [0.15, 0.2) is 24.3 Å². The van der Waals surface area contributed by atoms with E-state index < -0.39 is 0 Å². The van der Waals surface area contributed by atoms with E-state index in [9.17, 15) is 4.79 Å². The molecule has 4 heteroatoms. The molecule has 0 bridgehead atoms. The van der Waals surface area contributed by atoms with Crippen LogP contribution in [0.4, 0.5) is 0 Å². The van der Waals surface area contributed by atoms with Gasteiger partial charge in [0, 0.05) is 12.1 Å². The number of hydrogen-bond donors (Lipinski definition) is 1. The van der Waals surface area contributed by atoms with E-state index in [1.807, 2.05) is 38.1 Å². The molecule has 2 rings (SSSR count). The van der Waals surface area contributed by atoms with Crippen LogP contribution in [0.2, 0.25) is 0 Å². The minimum absolute atomic E-state index is 0.0245. The van der Waals surface area contributed by atoms with Crippen LogP contribution >= 0.6 is 0 Å². The Morgan fingerprint density at radius 1 is 1.22 bits per heavy atom. The molecule has 1 atom stereocenters. The van der Waals surface area contributed by atoms with E-state index in [1.165, 1.54) is 5.56 Å². The summed E-state index contributed by atoms with van der Waals surface area (Å²) in [6, 6.07) is 7.93. The van der Waals surface area contributed by atoms with E-state index in [-0.39, 0.29) is 23.2 Å². The van der Waals surface area contributed by atoms with Gasteiger partial charge in [-0.1, -0.05) is 12.1 Å². The number of carbonyl (C=O) groups excluding carboxylic acids is 1. The molecule has 1 aromatic carbocycles. The Morgan fingerprint density at radius 3 is 2.30 bits per heavy atom. The molecule has 0 spiro atoms. The fraction of sp³-hybridized carbons (Fsp3) is 0.632. The van der Waals surface area contributed by atoms with Crippen molar-refractivity contribution in [3.63, 3.8) is 0 Å². The summed E-state index contributed by atoms with van der Waals surface area (Å²) in [6.07, 6.45) is 1.82. The molecule has 1 saturated heterocycles. The van der Waals surface area contributed by atoms with E-state index in [4.69, 9.17) is 4.74 Å². The first kappa shape index (κ1) is 18.0. The number of benzene rings is 1. The number of likely N-dealkylation sites (N-methyl/N-ethyl adjacent to an activating group) is 1. The van der Waals surface area contributed by atoms with Crippen LogP contribution in [-0.4, -0.2) is 48.7 Å². The molecule has 1 heterocycles. The monoisotopic (exact) mass is 318 g/mol. The predicted molar refractivity (Wildman–Crippen MR) is 93.8 cm³/mol. The molecular formula is C19H30N2O2. The van der Waals surface area contributed by atoms with Gasteiger partial charge in [-0.15, -0.1) is 0 Å². The molecule has 0 aromatic heterocycles. The highest BCUT2D eigenvalue weighted by Gasteiger charge is 2.46. The van der Waals surface area contributed by atoms with Gasteiger partial charge in [0.1, 0.15) is 0 Å². The second kappa shape index (κ2) is 6.62. The Labute approximate surface area is 140 Å². The number of carbonyl (C=O) groups is 1. The van der Waals surface area contributed by atoms with Crippen LogP contribution in [0.25, 0.3) is 0 Å². The summed E-state index contributed by atoms with van der Waals surface area (Å²) in [5, 5.41) is 3.14. The van der Waals surface area contributed by atoms with Gasteiger partial charge in [0.2, 0.25) is 0 Å². The lowest BCUT2D eigenvalue weighted by atomic mass is 9.94. The maximum Gasteiger partial charge on any atom is 0.251 e. The fourth-order valence-electron chi connectivity index (χ4n) is 3.20. The summed E-state index contributed by atoms with van der Waals surface area (Å²) in [5.41, 5.74) is 1.42. The molecule has 0 radical (unpaired) electrons. The standard InChI is InChI=1S/C19H30N2O2/c1-18(2)13-16(19(3,4)23-18)20-17(22)15-9-7-14(8-10-15)11-12-21(5)6/h7-10,16H,11-13H2,1-6H3,(H,20,22). The van der Waals surface area contributed by atoms with Gasteiger partial charge in [-0.05, 0) is 72.3 Å². The van der Waals surface area contributed by atoms with Crippen LogP contribution in [0.5, 0.6) is 0 Å². The predicted octanol–water partition coefficient (Wildman–Crippen LogP) is 2.87. The van der Waals surface area contributed by atoms with Gasteiger partial charge < -0.3 is 15.0 Å². The Kier molecular flexibility index (Phi) is 5.17. The highest BCUT2D eigenvalue weighted by Crippen LogP contribution is 2.37. The number of hydrogen-bond acceptors (Lipinski definition) is 3. The Morgan fingerprint density at radius 2 is 1.83 bits per heavy atom. The molecule has 4 nitrogen and oxygen atoms in total. The van der Waals surface area contributed by atoms with Gasteiger partial charge in [0.05, 0.1) is 17.2 Å². The first-order chi connectivity index (χ1) is 10.6. The topological polar surface area (TPSA) is 41.6 Å². The third-order valence-electron chi connectivity index (χ3n) is 4.44. The van der Waals surface area contributed by atoms with E-state index in [0.717, 1.165) is 19.4 Å². The van der Waals surface area contributed by atoms with E-state index in [1.54, 1.807) is 0 Å². The highest BCUT2D eigenvalue weighted by molar-refractivity contribution is 5.94. The largest absolute Gasteiger partial charge is 0.367 e. The minimum Gasteiger partial charge on any atom is -0.367 e. The van der Waals surface area contributed by atoms with Crippen molar-refractivity contribution < 1.29 is 9.53 Å². The van der Waals surface area contributed by atoms with Crippen LogP contribution in [0.3, 0.4) is 0 Å². The first-order valence-electron chi connectivity index (χ1n) is 8.34. The van der Waals surface area contributed by atoms with Gasteiger partial charge in [-0.3, -0.25) is 4.79 Å². The first-order valence-corrected chi connectivity index (χ1v) is 8.34. The summed E-state index contributed by atoms with van der Waals surface area (Å²) in [4.78, 5) is 14.7. The fourth-order valence-corrected chi connectivity index (χ4v) is 3.20. The number of nitrogens with zero attached hydrogens (tertiary/aromatic N) is 1. The quantitative estimate of drug-likeness (QED) is 0.907. The van der Waals surface area contributed by atoms with Crippen molar-refractivity contribution in [2.24, 2.45) is 0 Å². The number of ether oxygens (including phenoxy) is 1. The molecule has 128 valence electrons. The molecule has 1 N–H and O–H groups in total. The van der Waals surface area contributed by atoms with Crippen molar-refractivity contribution in [1.82, 2.24) is 10.2 Å². The zero-order chi connectivity index (χ0) is 17.3. The van der Waals surface area contributed by atoms with Gasteiger partial charge in [0.15, 0.2) is 0 Å². The minimum atomic E-state index is -0.342. The lowest BCUT2D eigenvalue weighted by Crippen LogP contribution is -2.46. The SMILES string of the molecule is CN(C)CCc1ccc(C(=O)NC2CC(C)(C)OC2(C)C)cc1. The maximum atomic E-state index is 12.5. The van der Waals surface area contributed by atoms with Crippen molar-refractivity contribution in [1.29, 1.82) is 0 Å². The van der Waals surface area contributed by atoms with Gasteiger partial charge in [0.25, 0.3) is 5.91 Å². The molecule has 0 saturated carbocycles. The van der Waals surface area contributed by atoms with Gasteiger partial charge in [-0.25, -0.2) is 0 Å². The van der Waals surface area contributed by atoms with Crippen LogP contribution in [0, 0.1) is 0 Å². The molecular weight excluding hydrogens is 288 g/mol. The number of nitrogens with one attached hydrogen (secondary N) is 1. The van der Waals surface area contributed by atoms with Crippen molar-refractivity contribution in [2.75, 3.05) is 20.6 Å². The van der Waals surface area contributed by atoms with Crippen molar-refractivity contribution >= 4 is 5.91 Å². The average Bonchev–Trinajstić information content (AvgIpc) is 2.64. The molecule has 0 aliphatic carbocycles. The normalized spacial score (nSPS) is 22.3.